The Bertz CT molecular complexity index is 1110. The van der Waals surface area contributed by atoms with Gasteiger partial charge >= 0.3 is 0 Å². The summed E-state index contributed by atoms with van der Waals surface area (Å²) in [4.78, 5) is 12.0. The van der Waals surface area contributed by atoms with Gasteiger partial charge in [-0.25, -0.2) is 14.4 Å². The van der Waals surface area contributed by atoms with Crippen LogP contribution in [0.1, 0.15) is 63.3 Å². The monoisotopic (exact) mass is 496 g/mol. The van der Waals surface area contributed by atoms with Gasteiger partial charge in [0.15, 0.2) is 0 Å². The minimum atomic E-state index is -0.232. The van der Waals surface area contributed by atoms with Crippen molar-refractivity contribution < 1.29 is 4.39 Å². The second kappa shape index (κ2) is 11.7. The number of anilines is 1. The lowest BCUT2D eigenvalue weighted by atomic mass is 9.76. The predicted octanol–water partition coefficient (Wildman–Crippen LogP) is 7.21. The molecule has 1 fully saturated rings. The molecule has 3 aromatic rings. The van der Waals surface area contributed by atoms with Crippen LogP contribution < -0.4 is 10.2 Å². The van der Waals surface area contributed by atoms with E-state index in [2.05, 4.69) is 36.2 Å². The summed E-state index contributed by atoms with van der Waals surface area (Å²) in [7, 11) is 4.09. The van der Waals surface area contributed by atoms with Crippen molar-refractivity contribution in [2.45, 2.75) is 58.4 Å². The van der Waals surface area contributed by atoms with Crippen molar-refractivity contribution >= 4 is 28.3 Å². The molecule has 0 radical (unpaired) electrons. The zero-order valence-corrected chi connectivity index (χ0v) is 22.2. The first kappa shape index (κ1) is 25.8. The average molecular weight is 497 g/mol. The summed E-state index contributed by atoms with van der Waals surface area (Å²) < 4.78 is 14.0. The molecule has 1 heterocycles. The van der Waals surface area contributed by atoms with E-state index in [-0.39, 0.29) is 5.82 Å². The zero-order valence-electron chi connectivity index (χ0n) is 21.4. The molecule has 1 aliphatic carbocycles. The summed E-state index contributed by atoms with van der Waals surface area (Å²) in [6, 6.07) is 13.1. The van der Waals surface area contributed by atoms with Crippen LogP contribution in [0.5, 0.6) is 0 Å². The van der Waals surface area contributed by atoms with Crippen LogP contribution in [-0.4, -0.2) is 30.6 Å². The Kier molecular flexibility index (Phi) is 8.61. The molecule has 4 rings (SSSR count). The highest BCUT2D eigenvalue weighted by atomic mass is 35.5. The number of hydrogen-bond donors (Lipinski definition) is 1. The van der Waals surface area contributed by atoms with E-state index in [0.717, 1.165) is 35.0 Å². The highest BCUT2D eigenvalue weighted by molar-refractivity contribution is 6.31. The molecule has 0 saturated heterocycles. The van der Waals surface area contributed by atoms with Crippen molar-refractivity contribution in [1.29, 1.82) is 0 Å². The van der Waals surface area contributed by atoms with Gasteiger partial charge in [-0.1, -0.05) is 56.5 Å². The van der Waals surface area contributed by atoms with Crippen LogP contribution in [0.4, 0.5) is 10.2 Å². The molecular weight excluding hydrogens is 459 g/mol. The lowest BCUT2D eigenvalue weighted by Crippen LogP contribution is -2.27. The van der Waals surface area contributed by atoms with Gasteiger partial charge in [0.05, 0.1) is 5.52 Å². The highest BCUT2D eigenvalue weighted by Gasteiger charge is 2.26. The Morgan fingerprint density at radius 1 is 1.00 bits per heavy atom. The van der Waals surface area contributed by atoms with Gasteiger partial charge in [0.2, 0.25) is 0 Å². The fourth-order valence-corrected chi connectivity index (χ4v) is 5.61. The van der Waals surface area contributed by atoms with E-state index < -0.39 is 0 Å². The van der Waals surface area contributed by atoms with Gasteiger partial charge in [-0.2, -0.15) is 0 Å². The molecule has 0 aliphatic heterocycles. The number of halogens is 2. The normalized spacial score (nSPS) is 20.1. The van der Waals surface area contributed by atoms with Gasteiger partial charge in [0.25, 0.3) is 0 Å². The van der Waals surface area contributed by atoms with Crippen LogP contribution in [0.2, 0.25) is 5.02 Å². The molecule has 2 aromatic carbocycles. The van der Waals surface area contributed by atoms with E-state index in [4.69, 9.17) is 21.6 Å². The summed E-state index contributed by atoms with van der Waals surface area (Å²) in [5.74, 6) is 3.94. The van der Waals surface area contributed by atoms with E-state index in [9.17, 15) is 4.39 Å². The maximum atomic E-state index is 14.0. The van der Waals surface area contributed by atoms with Gasteiger partial charge in [0, 0.05) is 42.5 Å². The number of aromatic nitrogens is 2. The number of fused-ring (bicyclic) bond motifs is 1. The molecule has 2 atom stereocenters. The quantitative estimate of drug-likeness (QED) is 0.339. The third kappa shape index (κ3) is 6.31. The van der Waals surface area contributed by atoms with Gasteiger partial charge < -0.3 is 10.2 Å². The van der Waals surface area contributed by atoms with Crippen LogP contribution in [0.15, 0.2) is 42.5 Å². The third-order valence-corrected chi connectivity index (χ3v) is 8.11. The van der Waals surface area contributed by atoms with E-state index >= 15 is 0 Å². The molecule has 2 unspecified atom stereocenters. The van der Waals surface area contributed by atoms with Crippen molar-refractivity contribution in [3.8, 4) is 0 Å². The maximum Gasteiger partial charge on any atom is 0.139 e. The smallest absolute Gasteiger partial charge is 0.139 e. The number of hydrogen-bond acceptors (Lipinski definition) is 4. The summed E-state index contributed by atoms with van der Waals surface area (Å²) in [6.07, 6.45) is 6.17. The summed E-state index contributed by atoms with van der Waals surface area (Å²) in [6.45, 7) is 6.03. The van der Waals surface area contributed by atoms with Crippen LogP contribution in [0.3, 0.4) is 0 Å². The molecule has 35 heavy (non-hydrogen) atoms. The van der Waals surface area contributed by atoms with E-state index in [0.29, 0.717) is 34.9 Å². The third-order valence-electron chi connectivity index (χ3n) is 7.75. The van der Waals surface area contributed by atoms with Crippen molar-refractivity contribution in [2.24, 2.45) is 17.8 Å². The molecule has 0 spiro atoms. The highest BCUT2D eigenvalue weighted by Crippen LogP contribution is 2.37. The Balaban J connectivity index is 1.28. The Morgan fingerprint density at radius 2 is 1.71 bits per heavy atom. The topological polar surface area (TPSA) is 41.1 Å². The number of benzene rings is 2. The van der Waals surface area contributed by atoms with Crippen LogP contribution >= 0.6 is 11.6 Å². The first-order valence-electron chi connectivity index (χ1n) is 12.9. The van der Waals surface area contributed by atoms with Crippen LogP contribution in [-0.2, 0) is 6.54 Å². The van der Waals surface area contributed by atoms with Crippen molar-refractivity contribution in [3.63, 3.8) is 0 Å². The molecule has 1 aromatic heterocycles. The fraction of sp³-hybridized carbons (Fsp3) is 0.517. The summed E-state index contributed by atoms with van der Waals surface area (Å²) >= 11 is 6.15. The van der Waals surface area contributed by atoms with E-state index in [1.165, 1.54) is 38.2 Å². The molecule has 1 N–H and O–H groups in total. The minimum Gasteiger partial charge on any atom is -0.362 e. The molecule has 0 amide bonds. The Labute approximate surface area is 214 Å². The summed E-state index contributed by atoms with van der Waals surface area (Å²) in [5.41, 5.74) is 1.59. The number of nitrogens with one attached hydrogen (secondary N) is 1. The standard InChI is InChI=1S/C29H38ClFN4/c1-19(20(2)28-33-27-11-6-5-8-23(27)29(34-28)35(3)4)16-21-12-14-22(15-13-21)17-32-18-24-25(30)9-7-10-26(24)31/h5-11,19-22,32H,12-18H2,1-4H3. The number of rotatable bonds is 9. The maximum absolute atomic E-state index is 14.0. The van der Waals surface area contributed by atoms with Crippen molar-refractivity contribution in [2.75, 3.05) is 25.5 Å². The van der Waals surface area contributed by atoms with Crippen molar-refractivity contribution in [3.05, 3.63) is 64.7 Å². The van der Waals surface area contributed by atoms with Gasteiger partial charge in [-0.3, -0.25) is 0 Å². The second-order valence-corrected chi connectivity index (χ2v) is 10.9. The largest absolute Gasteiger partial charge is 0.362 e. The summed E-state index contributed by atoms with van der Waals surface area (Å²) in [5, 5.41) is 5.03. The van der Waals surface area contributed by atoms with E-state index in [1.807, 2.05) is 26.2 Å². The lowest BCUT2D eigenvalue weighted by Gasteiger charge is -2.31. The van der Waals surface area contributed by atoms with Gasteiger partial charge in [-0.15, -0.1) is 0 Å². The Hall–Kier alpha value is -2.24. The second-order valence-electron chi connectivity index (χ2n) is 10.5. The SMILES string of the molecule is CC(CC1CCC(CNCc2c(F)cccc2Cl)CC1)C(C)c1nc(N(C)C)c2ccccc2n1. The number of nitrogens with zero attached hydrogens (tertiary/aromatic N) is 3. The van der Waals surface area contributed by atoms with Crippen LogP contribution in [0.25, 0.3) is 10.9 Å². The minimum absolute atomic E-state index is 0.232. The molecular formula is C29H38ClFN4. The molecule has 1 saturated carbocycles. The first-order chi connectivity index (χ1) is 16.8. The predicted molar refractivity (Wildman–Crippen MR) is 145 cm³/mol. The molecule has 188 valence electrons. The lowest BCUT2D eigenvalue weighted by molar-refractivity contribution is 0.226. The van der Waals surface area contributed by atoms with Crippen LogP contribution in [0, 0.1) is 23.6 Å². The molecule has 1 aliphatic rings. The van der Waals surface area contributed by atoms with Gasteiger partial charge in [-0.05, 0) is 67.8 Å². The average Bonchev–Trinajstić information content (AvgIpc) is 2.85. The molecule has 4 nitrogen and oxygen atoms in total. The number of para-hydroxylation sites is 1. The van der Waals surface area contributed by atoms with E-state index in [1.54, 1.807) is 12.1 Å². The zero-order chi connectivity index (χ0) is 24.9. The Morgan fingerprint density at radius 3 is 2.43 bits per heavy atom. The van der Waals surface area contributed by atoms with Crippen molar-refractivity contribution in [1.82, 2.24) is 15.3 Å². The fourth-order valence-electron chi connectivity index (χ4n) is 5.38. The van der Waals surface area contributed by atoms with Gasteiger partial charge in [0.1, 0.15) is 17.5 Å². The first-order valence-corrected chi connectivity index (χ1v) is 13.3. The molecule has 0 bridgehead atoms. The molecule has 6 heteroatoms.